The number of carboxylic acid groups (broad SMARTS) is 2. The lowest BCUT2D eigenvalue weighted by Gasteiger charge is -2.27. The van der Waals surface area contributed by atoms with Crippen molar-refractivity contribution >= 4 is 29.7 Å². The fraction of sp³-hybridized carbons (Fsp3) is 0.737. The first-order valence-electron chi connectivity index (χ1n) is 10.0. The van der Waals surface area contributed by atoms with Gasteiger partial charge in [0.15, 0.2) is 0 Å². The predicted octanol–water partition coefficient (Wildman–Crippen LogP) is -1.59. The number of amides is 3. The van der Waals surface area contributed by atoms with E-state index in [1.807, 2.05) is 0 Å². The molecule has 0 aliphatic carbocycles. The van der Waals surface area contributed by atoms with Gasteiger partial charge in [0, 0.05) is 6.42 Å². The molecule has 0 saturated heterocycles. The van der Waals surface area contributed by atoms with Gasteiger partial charge in [-0.15, -0.1) is 0 Å². The molecule has 3 amide bonds. The highest BCUT2D eigenvalue weighted by atomic mass is 16.4. The van der Waals surface area contributed by atoms with E-state index in [0.29, 0.717) is 0 Å². The molecule has 0 rings (SSSR count). The highest BCUT2D eigenvalue weighted by Crippen LogP contribution is 2.08. The molecule has 0 aromatic rings. The van der Waals surface area contributed by atoms with Crippen molar-refractivity contribution in [3.63, 3.8) is 0 Å². The first-order chi connectivity index (χ1) is 14.3. The van der Waals surface area contributed by atoms with Gasteiger partial charge in [0.2, 0.25) is 17.7 Å². The second kappa shape index (κ2) is 13.5. The van der Waals surface area contributed by atoms with Gasteiger partial charge < -0.3 is 37.0 Å². The van der Waals surface area contributed by atoms with Crippen LogP contribution in [-0.4, -0.2) is 75.8 Å². The van der Waals surface area contributed by atoms with Crippen LogP contribution >= 0.6 is 0 Å². The van der Waals surface area contributed by atoms with E-state index in [1.54, 1.807) is 27.7 Å². The first kappa shape index (κ1) is 28.3. The van der Waals surface area contributed by atoms with Crippen LogP contribution in [0.25, 0.3) is 0 Å². The normalized spacial score (nSPS) is 15.0. The van der Waals surface area contributed by atoms with Crippen LogP contribution in [0.3, 0.4) is 0 Å². The fourth-order valence-electron chi connectivity index (χ4n) is 2.64. The molecule has 0 bridgehead atoms. The first-order valence-corrected chi connectivity index (χ1v) is 10.0. The number of carbonyl (C=O) groups excluding carboxylic acids is 3. The van der Waals surface area contributed by atoms with Crippen molar-refractivity contribution in [2.45, 2.75) is 71.1 Å². The molecule has 0 spiro atoms. The zero-order chi connectivity index (χ0) is 24.3. The predicted molar refractivity (Wildman–Crippen MR) is 110 cm³/mol. The Kier molecular flexibility index (Phi) is 12.4. The minimum atomic E-state index is -1.33. The van der Waals surface area contributed by atoms with E-state index in [4.69, 9.17) is 15.9 Å². The van der Waals surface area contributed by atoms with Gasteiger partial charge in [0.1, 0.15) is 24.2 Å². The minimum absolute atomic E-state index is 0.0373. The van der Waals surface area contributed by atoms with Gasteiger partial charge in [-0.1, -0.05) is 27.7 Å². The molecule has 0 heterocycles. The van der Waals surface area contributed by atoms with Crippen LogP contribution in [0.15, 0.2) is 0 Å². The second-order valence-electron chi connectivity index (χ2n) is 8.04. The number of carbonyl (C=O) groups is 5. The van der Waals surface area contributed by atoms with Crippen molar-refractivity contribution in [2.24, 2.45) is 17.6 Å². The summed E-state index contributed by atoms with van der Waals surface area (Å²) < 4.78 is 0. The van der Waals surface area contributed by atoms with Crippen molar-refractivity contribution in [3.05, 3.63) is 0 Å². The molecule has 12 nitrogen and oxygen atoms in total. The van der Waals surface area contributed by atoms with Crippen molar-refractivity contribution in [1.29, 1.82) is 0 Å². The summed E-state index contributed by atoms with van der Waals surface area (Å²) in [5.74, 6) is -5.30. The van der Waals surface area contributed by atoms with E-state index in [0.717, 1.165) is 0 Å². The summed E-state index contributed by atoms with van der Waals surface area (Å²) >= 11 is 0. The Morgan fingerprint density at radius 1 is 0.839 bits per heavy atom. The molecule has 12 heteroatoms. The molecule has 0 radical (unpaired) electrons. The Bertz CT molecular complexity index is 653. The van der Waals surface area contributed by atoms with Gasteiger partial charge in [0.25, 0.3) is 0 Å². The van der Waals surface area contributed by atoms with Crippen LogP contribution in [0.1, 0.15) is 47.0 Å². The van der Waals surface area contributed by atoms with Crippen molar-refractivity contribution in [1.82, 2.24) is 16.0 Å². The molecule has 4 unspecified atom stereocenters. The van der Waals surface area contributed by atoms with Crippen LogP contribution in [0.4, 0.5) is 0 Å². The highest BCUT2D eigenvalue weighted by molar-refractivity contribution is 5.94. The number of hydrogen-bond donors (Lipinski definition) is 7. The molecule has 0 aromatic carbocycles. The van der Waals surface area contributed by atoms with E-state index < -0.39 is 72.8 Å². The quantitative estimate of drug-likeness (QED) is 0.164. The Labute approximate surface area is 180 Å². The van der Waals surface area contributed by atoms with Gasteiger partial charge in [-0.25, -0.2) is 4.79 Å². The number of nitrogens with two attached hydrogens (primary N) is 1. The highest BCUT2D eigenvalue weighted by Gasteiger charge is 2.32. The maximum Gasteiger partial charge on any atom is 0.326 e. The standard InChI is InChI=1S/C19H34N4O8/c1-9(2)7-13(19(30)31)22-17(28)12(5-6-14(25)26)21-18(29)15(10(3)4)23-16(27)11(20)8-24/h9-13,15,24H,5-8,20H2,1-4H3,(H,21,29)(H,22,28)(H,23,27)(H,25,26)(H,30,31). The summed E-state index contributed by atoms with van der Waals surface area (Å²) in [5, 5.41) is 34.3. The lowest BCUT2D eigenvalue weighted by molar-refractivity contribution is -0.143. The second-order valence-corrected chi connectivity index (χ2v) is 8.04. The third-order valence-electron chi connectivity index (χ3n) is 4.38. The maximum atomic E-state index is 12.7. The summed E-state index contributed by atoms with van der Waals surface area (Å²) in [4.78, 5) is 59.7. The van der Waals surface area contributed by atoms with Gasteiger partial charge in [-0.3, -0.25) is 19.2 Å². The van der Waals surface area contributed by atoms with E-state index in [-0.39, 0.29) is 18.8 Å². The van der Waals surface area contributed by atoms with Gasteiger partial charge in [-0.05, 0) is 24.7 Å². The topological polar surface area (TPSA) is 208 Å². The third-order valence-corrected chi connectivity index (χ3v) is 4.38. The number of hydrogen-bond acceptors (Lipinski definition) is 7. The number of aliphatic hydroxyl groups is 1. The smallest absolute Gasteiger partial charge is 0.326 e. The Hall–Kier alpha value is -2.73. The van der Waals surface area contributed by atoms with Crippen LogP contribution in [0.5, 0.6) is 0 Å². The molecule has 0 aliphatic rings. The molecule has 0 fully saturated rings. The molecule has 31 heavy (non-hydrogen) atoms. The number of aliphatic hydroxyl groups excluding tert-OH is 1. The largest absolute Gasteiger partial charge is 0.481 e. The zero-order valence-corrected chi connectivity index (χ0v) is 18.3. The van der Waals surface area contributed by atoms with Crippen LogP contribution < -0.4 is 21.7 Å². The Morgan fingerprint density at radius 2 is 1.39 bits per heavy atom. The molecule has 0 aliphatic heterocycles. The summed E-state index contributed by atoms with van der Waals surface area (Å²) in [6.45, 7) is 6.18. The minimum Gasteiger partial charge on any atom is -0.481 e. The van der Waals surface area contributed by atoms with E-state index in [9.17, 15) is 29.1 Å². The molecular weight excluding hydrogens is 412 g/mol. The number of nitrogens with one attached hydrogen (secondary N) is 3. The fourth-order valence-corrected chi connectivity index (χ4v) is 2.64. The SMILES string of the molecule is CC(C)CC(NC(=O)C(CCC(=O)O)NC(=O)C(NC(=O)C(N)CO)C(C)C)C(=O)O. The summed E-state index contributed by atoms with van der Waals surface area (Å²) in [6, 6.07) is -4.90. The molecule has 178 valence electrons. The summed E-state index contributed by atoms with van der Waals surface area (Å²) in [5.41, 5.74) is 5.44. The molecule has 0 aromatic heterocycles. The number of aliphatic carboxylic acids is 2. The molecular formula is C19H34N4O8. The van der Waals surface area contributed by atoms with E-state index >= 15 is 0 Å². The van der Waals surface area contributed by atoms with Gasteiger partial charge in [-0.2, -0.15) is 0 Å². The lowest BCUT2D eigenvalue weighted by atomic mass is 10.0. The monoisotopic (exact) mass is 446 g/mol. The van der Waals surface area contributed by atoms with Crippen molar-refractivity contribution in [2.75, 3.05) is 6.61 Å². The maximum absolute atomic E-state index is 12.7. The summed E-state index contributed by atoms with van der Waals surface area (Å²) in [6.07, 6.45) is -0.589. The lowest BCUT2D eigenvalue weighted by Crippen LogP contribution is -2.58. The van der Waals surface area contributed by atoms with Crippen molar-refractivity contribution < 1.29 is 39.3 Å². The van der Waals surface area contributed by atoms with Gasteiger partial charge in [0.05, 0.1) is 6.61 Å². The Balaban J connectivity index is 5.47. The van der Waals surface area contributed by atoms with Gasteiger partial charge >= 0.3 is 11.9 Å². The number of rotatable bonds is 14. The van der Waals surface area contributed by atoms with Crippen LogP contribution in [-0.2, 0) is 24.0 Å². The number of carboxylic acids is 2. The van der Waals surface area contributed by atoms with Crippen molar-refractivity contribution in [3.8, 4) is 0 Å². The van der Waals surface area contributed by atoms with Crippen LogP contribution in [0.2, 0.25) is 0 Å². The third kappa shape index (κ3) is 10.7. The molecule has 0 saturated carbocycles. The average molecular weight is 447 g/mol. The van der Waals surface area contributed by atoms with E-state index in [1.165, 1.54) is 0 Å². The molecule has 8 N–H and O–H groups in total. The van der Waals surface area contributed by atoms with Crippen LogP contribution in [0, 0.1) is 11.8 Å². The van der Waals surface area contributed by atoms with E-state index in [2.05, 4.69) is 16.0 Å². The summed E-state index contributed by atoms with van der Waals surface area (Å²) in [7, 11) is 0. The average Bonchev–Trinajstić information content (AvgIpc) is 2.66. The Morgan fingerprint density at radius 3 is 1.81 bits per heavy atom. The zero-order valence-electron chi connectivity index (χ0n) is 18.3. The molecule has 4 atom stereocenters.